The Morgan fingerprint density at radius 2 is 2.15 bits per heavy atom. The summed E-state index contributed by atoms with van der Waals surface area (Å²) < 4.78 is 32.5. The molecule has 1 aliphatic rings. The Bertz CT molecular complexity index is 897. The number of ether oxygens (including phenoxy) is 1. The fraction of sp³-hybridized carbons (Fsp3) is 0.500. The van der Waals surface area contributed by atoms with Crippen molar-refractivity contribution in [1.82, 2.24) is 24.9 Å². The first kappa shape index (κ1) is 19.1. The highest BCUT2D eigenvalue weighted by Gasteiger charge is 2.30. The Kier molecular flexibility index (Phi) is 5.62. The zero-order valence-electron chi connectivity index (χ0n) is 14.5. The van der Waals surface area contributed by atoms with Crippen LogP contribution in [0.1, 0.15) is 18.7 Å². The summed E-state index contributed by atoms with van der Waals surface area (Å²) in [6.07, 6.45) is 0. The van der Waals surface area contributed by atoms with E-state index in [2.05, 4.69) is 25.9 Å². The molecule has 27 heavy (non-hydrogen) atoms. The number of tetrazole rings is 1. The van der Waals surface area contributed by atoms with Crippen molar-refractivity contribution in [1.29, 1.82) is 0 Å². The summed E-state index contributed by atoms with van der Waals surface area (Å²) in [5, 5.41) is 27.8. The van der Waals surface area contributed by atoms with E-state index in [1.165, 1.54) is 16.4 Å². The fourth-order valence-corrected chi connectivity index (χ4v) is 4.24. The summed E-state index contributed by atoms with van der Waals surface area (Å²) in [5.41, 5.74) is -0.0129. The van der Waals surface area contributed by atoms with Crippen LogP contribution in [0.2, 0.25) is 0 Å². The first-order valence-corrected chi connectivity index (χ1v) is 9.67. The molecule has 12 nitrogen and oxygen atoms in total. The number of benzene rings is 1. The SMILES string of the molecule is C[C@@H](CNc1ccc([N+](=O)[O-])cc1S(=O)(=O)N1CCOCC1)c1nn[nH]n1. The van der Waals surface area contributed by atoms with E-state index >= 15 is 0 Å². The van der Waals surface area contributed by atoms with Crippen LogP contribution in [0, 0.1) is 10.1 Å². The maximum absolute atomic E-state index is 13.0. The Hall–Kier alpha value is -2.64. The summed E-state index contributed by atoms with van der Waals surface area (Å²) in [4.78, 5) is 10.4. The van der Waals surface area contributed by atoms with E-state index in [-0.39, 0.29) is 48.5 Å². The second kappa shape index (κ2) is 7.94. The zero-order valence-corrected chi connectivity index (χ0v) is 15.3. The number of aromatic nitrogens is 4. The molecule has 2 heterocycles. The minimum absolute atomic E-state index is 0.140. The summed E-state index contributed by atoms with van der Waals surface area (Å²) in [5.74, 6) is 0.319. The van der Waals surface area contributed by atoms with Gasteiger partial charge in [-0.05, 0) is 6.07 Å². The molecule has 1 atom stereocenters. The number of nitro benzene ring substituents is 1. The second-order valence-corrected chi connectivity index (χ2v) is 7.91. The third-order valence-electron chi connectivity index (χ3n) is 4.17. The molecule has 0 aliphatic carbocycles. The van der Waals surface area contributed by atoms with Crippen LogP contribution in [0.25, 0.3) is 0 Å². The van der Waals surface area contributed by atoms with E-state index in [1.807, 2.05) is 6.92 Å². The lowest BCUT2D eigenvalue weighted by atomic mass is 10.1. The van der Waals surface area contributed by atoms with Gasteiger partial charge >= 0.3 is 0 Å². The van der Waals surface area contributed by atoms with Crippen LogP contribution in [-0.4, -0.2) is 71.1 Å². The fourth-order valence-electron chi connectivity index (χ4n) is 2.64. The van der Waals surface area contributed by atoms with E-state index < -0.39 is 14.9 Å². The predicted molar refractivity (Wildman–Crippen MR) is 93.8 cm³/mol. The molecule has 0 amide bonds. The minimum Gasteiger partial charge on any atom is -0.383 e. The summed E-state index contributed by atoms with van der Waals surface area (Å²) in [6.45, 7) is 3.13. The number of nitro groups is 1. The molecule has 2 N–H and O–H groups in total. The van der Waals surface area contributed by atoms with Crippen molar-refractivity contribution in [2.24, 2.45) is 0 Å². The van der Waals surface area contributed by atoms with Crippen LogP contribution in [0.15, 0.2) is 23.1 Å². The number of hydrogen-bond donors (Lipinski definition) is 2. The molecule has 1 aromatic heterocycles. The van der Waals surface area contributed by atoms with Crippen molar-refractivity contribution < 1.29 is 18.1 Å². The van der Waals surface area contributed by atoms with E-state index in [0.717, 1.165) is 6.07 Å². The highest BCUT2D eigenvalue weighted by molar-refractivity contribution is 7.89. The third-order valence-corrected chi connectivity index (χ3v) is 6.10. The van der Waals surface area contributed by atoms with Gasteiger partial charge in [-0.25, -0.2) is 8.42 Å². The monoisotopic (exact) mass is 397 g/mol. The first-order valence-electron chi connectivity index (χ1n) is 8.23. The van der Waals surface area contributed by atoms with Gasteiger partial charge in [-0.15, -0.1) is 10.2 Å². The van der Waals surface area contributed by atoms with Crippen LogP contribution in [-0.2, 0) is 14.8 Å². The quantitative estimate of drug-likeness (QED) is 0.497. The molecule has 3 rings (SSSR count). The minimum atomic E-state index is -3.91. The highest BCUT2D eigenvalue weighted by atomic mass is 32.2. The van der Waals surface area contributed by atoms with Crippen LogP contribution >= 0.6 is 0 Å². The first-order chi connectivity index (χ1) is 12.9. The van der Waals surface area contributed by atoms with E-state index in [1.54, 1.807) is 0 Å². The zero-order chi connectivity index (χ0) is 19.4. The molecule has 1 saturated heterocycles. The van der Waals surface area contributed by atoms with Gasteiger partial charge in [0.15, 0.2) is 5.82 Å². The lowest BCUT2D eigenvalue weighted by Gasteiger charge is -2.27. The van der Waals surface area contributed by atoms with Gasteiger partial charge in [-0.3, -0.25) is 10.1 Å². The van der Waals surface area contributed by atoms with E-state index in [9.17, 15) is 18.5 Å². The van der Waals surface area contributed by atoms with Crippen molar-refractivity contribution >= 4 is 21.4 Å². The number of rotatable bonds is 7. The molecule has 13 heteroatoms. The summed E-state index contributed by atoms with van der Waals surface area (Å²) >= 11 is 0. The Labute approximate surface area is 155 Å². The largest absolute Gasteiger partial charge is 0.383 e. The van der Waals surface area contributed by atoms with Crippen molar-refractivity contribution in [3.63, 3.8) is 0 Å². The van der Waals surface area contributed by atoms with Gasteiger partial charge in [0, 0.05) is 37.7 Å². The molecule has 146 valence electrons. The number of sulfonamides is 1. The van der Waals surface area contributed by atoms with Crippen LogP contribution < -0.4 is 5.32 Å². The molecule has 0 bridgehead atoms. The van der Waals surface area contributed by atoms with Crippen LogP contribution in [0.5, 0.6) is 0 Å². The number of H-pyrrole nitrogens is 1. The standard InChI is InChI=1S/C14H19N7O5S/c1-10(14-16-18-19-17-14)9-15-12-3-2-11(21(22)23)8-13(12)27(24,25)20-4-6-26-7-5-20/h2-3,8,10,15H,4-7,9H2,1H3,(H,16,17,18,19)/t10-/m0/s1. The number of aromatic amines is 1. The van der Waals surface area contributed by atoms with E-state index in [0.29, 0.717) is 12.4 Å². The lowest BCUT2D eigenvalue weighted by Crippen LogP contribution is -2.40. The third kappa shape index (κ3) is 4.20. The molecule has 0 radical (unpaired) electrons. The number of morpholine rings is 1. The number of hydrogen-bond acceptors (Lipinski definition) is 9. The molecule has 1 aliphatic heterocycles. The molecule has 1 fully saturated rings. The molecule has 0 unspecified atom stereocenters. The predicted octanol–water partition coefficient (Wildman–Crippen LogP) is 0.344. The Morgan fingerprint density at radius 3 is 2.78 bits per heavy atom. The maximum atomic E-state index is 13.0. The van der Waals surface area contributed by atoms with Gasteiger partial charge in [-0.2, -0.15) is 9.52 Å². The van der Waals surface area contributed by atoms with Crippen molar-refractivity contribution in [2.75, 3.05) is 38.2 Å². The normalized spacial score (nSPS) is 16.8. The number of nitrogens with one attached hydrogen (secondary N) is 2. The lowest BCUT2D eigenvalue weighted by molar-refractivity contribution is -0.385. The van der Waals surface area contributed by atoms with Gasteiger partial charge in [0.25, 0.3) is 5.69 Å². The van der Waals surface area contributed by atoms with Gasteiger partial charge in [-0.1, -0.05) is 12.1 Å². The smallest absolute Gasteiger partial charge is 0.270 e. The second-order valence-electron chi connectivity index (χ2n) is 6.01. The Morgan fingerprint density at radius 1 is 1.41 bits per heavy atom. The summed E-state index contributed by atoms with van der Waals surface area (Å²) in [6, 6.07) is 3.74. The maximum Gasteiger partial charge on any atom is 0.270 e. The Balaban J connectivity index is 1.89. The molecular weight excluding hydrogens is 378 g/mol. The van der Waals surface area contributed by atoms with Gasteiger partial charge in [0.05, 0.1) is 23.8 Å². The van der Waals surface area contributed by atoms with Crippen LogP contribution in [0.4, 0.5) is 11.4 Å². The van der Waals surface area contributed by atoms with Crippen LogP contribution in [0.3, 0.4) is 0 Å². The topological polar surface area (TPSA) is 156 Å². The van der Waals surface area contributed by atoms with Gasteiger partial charge < -0.3 is 10.1 Å². The molecule has 1 aromatic carbocycles. The molecule has 2 aromatic rings. The van der Waals surface area contributed by atoms with E-state index in [4.69, 9.17) is 4.74 Å². The number of anilines is 1. The van der Waals surface area contributed by atoms with Gasteiger partial charge in [0.1, 0.15) is 4.90 Å². The molecule has 0 saturated carbocycles. The van der Waals surface area contributed by atoms with Crippen molar-refractivity contribution in [2.45, 2.75) is 17.7 Å². The highest BCUT2D eigenvalue weighted by Crippen LogP contribution is 2.30. The average molecular weight is 397 g/mol. The van der Waals surface area contributed by atoms with Crippen molar-refractivity contribution in [3.05, 3.63) is 34.1 Å². The molecule has 0 spiro atoms. The molecular formula is C14H19N7O5S. The number of non-ortho nitro benzene ring substituents is 1. The van der Waals surface area contributed by atoms with Gasteiger partial charge in [0.2, 0.25) is 10.0 Å². The summed E-state index contributed by atoms with van der Waals surface area (Å²) in [7, 11) is -3.91. The van der Waals surface area contributed by atoms with Crippen molar-refractivity contribution in [3.8, 4) is 0 Å². The number of nitrogens with zero attached hydrogens (tertiary/aromatic N) is 5. The average Bonchev–Trinajstić information content (AvgIpc) is 3.21.